The molecular weight excluding hydrogens is 298 g/mol. The molecule has 1 fully saturated rings. The Labute approximate surface area is 115 Å². The molecule has 1 aliphatic carbocycles. The van der Waals surface area contributed by atoms with Crippen LogP contribution in [-0.4, -0.2) is 23.0 Å². The van der Waals surface area contributed by atoms with Crippen molar-refractivity contribution in [2.75, 3.05) is 6.61 Å². The summed E-state index contributed by atoms with van der Waals surface area (Å²) in [5.41, 5.74) is 1.31. The molecule has 1 aromatic rings. The van der Waals surface area contributed by atoms with Crippen LogP contribution in [0.5, 0.6) is 0 Å². The molecule has 1 atom stereocenters. The second-order valence-electron chi connectivity index (χ2n) is 4.53. The Bertz CT molecular complexity index is 382. The summed E-state index contributed by atoms with van der Waals surface area (Å²) < 4.78 is 1.12. The van der Waals surface area contributed by atoms with Crippen molar-refractivity contribution in [2.24, 2.45) is 0 Å². The number of aliphatic hydroxyl groups excluding tert-OH is 1. The molecule has 1 aromatic carbocycles. The fraction of sp³-hybridized carbons (Fsp3) is 0.538. The summed E-state index contributed by atoms with van der Waals surface area (Å²) in [7, 11) is 0. The normalized spacial score (nSPS) is 17.1. The Morgan fingerprint density at radius 1 is 1.53 bits per heavy atom. The van der Waals surface area contributed by atoms with Crippen LogP contribution in [0.4, 0.5) is 0 Å². The minimum atomic E-state index is 0.210. The van der Waals surface area contributed by atoms with Crippen LogP contribution in [0.1, 0.15) is 25.3 Å². The van der Waals surface area contributed by atoms with Crippen molar-refractivity contribution >= 4 is 27.7 Å². The summed E-state index contributed by atoms with van der Waals surface area (Å²) in [6.07, 6.45) is 2.65. The fourth-order valence-corrected chi connectivity index (χ4v) is 3.09. The topological polar surface area (TPSA) is 32.3 Å². The van der Waals surface area contributed by atoms with E-state index in [1.54, 1.807) is 11.8 Å². The number of benzene rings is 1. The zero-order chi connectivity index (χ0) is 12.3. The molecule has 1 aliphatic rings. The molecule has 0 radical (unpaired) electrons. The second-order valence-corrected chi connectivity index (χ2v) is 6.87. The molecule has 2 N–H and O–H groups in total. The second kappa shape index (κ2) is 6.23. The van der Waals surface area contributed by atoms with Gasteiger partial charge in [-0.15, -0.1) is 11.8 Å². The van der Waals surface area contributed by atoms with Crippen LogP contribution in [0, 0.1) is 0 Å². The van der Waals surface area contributed by atoms with Gasteiger partial charge in [-0.2, -0.15) is 0 Å². The van der Waals surface area contributed by atoms with Gasteiger partial charge in [0.15, 0.2) is 0 Å². The number of aliphatic hydroxyl groups is 1. The maximum Gasteiger partial charge on any atom is 0.0550 e. The van der Waals surface area contributed by atoms with E-state index in [0.717, 1.165) is 17.1 Å². The molecule has 17 heavy (non-hydrogen) atoms. The highest BCUT2D eigenvalue weighted by molar-refractivity contribution is 9.10. The maximum absolute atomic E-state index is 9.05. The number of halogens is 1. The highest BCUT2D eigenvalue weighted by atomic mass is 79.9. The molecule has 4 heteroatoms. The minimum Gasteiger partial charge on any atom is -0.395 e. The largest absolute Gasteiger partial charge is 0.395 e. The van der Waals surface area contributed by atoms with Crippen LogP contribution in [0.15, 0.2) is 27.6 Å². The fourth-order valence-electron chi connectivity index (χ4n) is 1.55. The lowest BCUT2D eigenvalue weighted by Crippen LogP contribution is -2.15. The van der Waals surface area contributed by atoms with Gasteiger partial charge in [-0.25, -0.2) is 0 Å². The molecule has 0 bridgehead atoms. The van der Waals surface area contributed by atoms with E-state index in [2.05, 4.69) is 39.4 Å². The number of thioether (sulfide) groups is 1. The monoisotopic (exact) mass is 315 g/mol. The molecule has 94 valence electrons. The first-order valence-corrected chi connectivity index (χ1v) is 7.65. The van der Waals surface area contributed by atoms with E-state index in [4.69, 9.17) is 5.11 Å². The van der Waals surface area contributed by atoms with Gasteiger partial charge in [0.1, 0.15) is 0 Å². The highest BCUT2D eigenvalue weighted by Gasteiger charge is 2.20. The molecule has 1 saturated carbocycles. The molecule has 1 unspecified atom stereocenters. The lowest BCUT2D eigenvalue weighted by Gasteiger charge is -2.11. The molecule has 0 heterocycles. The van der Waals surface area contributed by atoms with Crippen LogP contribution in [0.25, 0.3) is 0 Å². The zero-order valence-electron chi connectivity index (χ0n) is 9.95. The highest BCUT2D eigenvalue weighted by Crippen LogP contribution is 2.31. The number of nitrogens with one attached hydrogen (secondary N) is 1. The quantitative estimate of drug-likeness (QED) is 0.791. The third-order valence-corrected chi connectivity index (χ3v) is 4.83. The van der Waals surface area contributed by atoms with Gasteiger partial charge >= 0.3 is 0 Å². The number of hydrogen-bond acceptors (Lipinski definition) is 3. The molecule has 0 amide bonds. The summed E-state index contributed by atoms with van der Waals surface area (Å²) in [4.78, 5) is 1.20. The SMILES string of the molecule is CC(CO)Sc1ccc(CNC2CC2)cc1Br. The summed E-state index contributed by atoms with van der Waals surface area (Å²) in [5.74, 6) is 0. The maximum atomic E-state index is 9.05. The van der Waals surface area contributed by atoms with E-state index < -0.39 is 0 Å². The van der Waals surface area contributed by atoms with Crippen molar-refractivity contribution in [3.05, 3.63) is 28.2 Å². The molecular formula is C13H18BrNOS. The van der Waals surface area contributed by atoms with Crippen LogP contribution < -0.4 is 5.32 Å². The molecule has 2 rings (SSSR count). The van der Waals surface area contributed by atoms with E-state index in [1.165, 1.54) is 23.3 Å². The van der Waals surface area contributed by atoms with E-state index in [1.807, 2.05) is 6.92 Å². The van der Waals surface area contributed by atoms with E-state index in [0.29, 0.717) is 0 Å². The van der Waals surface area contributed by atoms with Crippen molar-refractivity contribution in [3.8, 4) is 0 Å². The smallest absolute Gasteiger partial charge is 0.0550 e. The van der Waals surface area contributed by atoms with Gasteiger partial charge in [-0.05, 0) is 46.5 Å². The third kappa shape index (κ3) is 4.28. The Morgan fingerprint density at radius 2 is 2.29 bits per heavy atom. The Kier molecular flexibility index (Phi) is 4.91. The lowest BCUT2D eigenvalue weighted by molar-refractivity contribution is 0.300. The average molecular weight is 316 g/mol. The molecule has 0 saturated heterocycles. The predicted octanol–water partition coefficient (Wildman–Crippen LogP) is 3.17. The summed E-state index contributed by atoms with van der Waals surface area (Å²) in [6, 6.07) is 7.20. The van der Waals surface area contributed by atoms with Gasteiger partial charge in [0.2, 0.25) is 0 Å². The van der Waals surface area contributed by atoms with Crippen molar-refractivity contribution in [2.45, 2.75) is 42.5 Å². The number of hydrogen-bond donors (Lipinski definition) is 2. The zero-order valence-corrected chi connectivity index (χ0v) is 12.4. The average Bonchev–Trinajstić information content (AvgIpc) is 3.13. The van der Waals surface area contributed by atoms with E-state index in [-0.39, 0.29) is 11.9 Å². The van der Waals surface area contributed by atoms with Crippen molar-refractivity contribution in [3.63, 3.8) is 0 Å². The molecule has 2 nitrogen and oxygen atoms in total. The van der Waals surface area contributed by atoms with Gasteiger partial charge in [0, 0.05) is 27.2 Å². The minimum absolute atomic E-state index is 0.210. The Balaban J connectivity index is 1.94. The lowest BCUT2D eigenvalue weighted by atomic mass is 10.2. The van der Waals surface area contributed by atoms with Crippen LogP contribution in [0.3, 0.4) is 0 Å². The standard InChI is InChI=1S/C13H18BrNOS/c1-9(8-16)17-13-5-2-10(6-12(13)14)7-15-11-3-4-11/h2,5-6,9,11,15-16H,3-4,7-8H2,1H3. The first kappa shape index (κ1) is 13.4. The van der Waals surface area contributed by atoms with Crippen molar-refractivity contribution in [1.29, 1.82) is 0 Å². The summed E-state index contributed by atoms with van der Waals surface area (Å²) >= 11 is 5.30. The summed E-state index contributed by atoms with van der Waals surface area (Å²) in [6.45, 7) is 3.19. The van der Waals surface area contributed by atoms with Gasteiger partial charge < -0.3 is 10.4 Å². The van der Waals surface area contributed by atoms with Crippen molar-refractivity contribution in [1.82, 2.24) is 5.32 Å². The van der Waals surface area contributed by atoms with Gasteiger partial charge in [0.25, 0.3) is 0 Å². The van der Waals surface area contributed by atoms with Gasteiger partial charge in [-0.1, -0.05) is 13.0 Å². The van der Waals surface area contributed by atoms with Crippen LogP contribution in [-0.2, 0) is 6.54 Å². The van der Waals surface area contributed by atoms with Crippen LogP contribution >= 0.6 is 27.7 Å². The first-order chi connectivity index (χ1) is 8.19. The first-order valence-electron chi connectivity index (χ1n) is 5.98. The number of rotatable bonds is 6. The Morgan fingerprint density at radius 3 is 2.88 bits per heavy atom. The van der Waals surface area contributed by atoms with E-state index in [9.17, 15) is 0 Å². The third-order valence-electron chi connectivity index (χ3n) is 2.75. The van der Waals surface area contributed by atoms with Gasteiger partial charge in [0.05, 0.1) is 6.61 Å². The van der Waals surface area contributed by atoms with E-state index >= 15 is 0 Å². The van der Waals surface area contributed by atoms with Gasteiger partial charge in [-0.3, -0.25) is 0 Å². The summed E-state index contributed by atoms with van der Waals surface area (Å²) in [5, 5.41) is 12.8. The van der Waals surface area contributed by atoms with Crippen molar-refractivity contribution < 1.29 is 5.11 Å². The predicted molar refractivity (Wildman–Crippen MR) is 76.4 cm³/mol. The van der Waals surface area contributed by atoms with Crippen LogP contribution in [0.2, 0.25) is 0 Å². The Hall–Kier alpha value is -0.0300. The molecule has 0 aromatic heterocycles. The molecule has 0 aliphatic heterocycles. The molecule has 0 spiro atoms.